The molecule has 0 heterocycles. The fourth-order valence-corrected chi connectivity index (χ4v) is 1.73. The van der Waals surface area contributed by atoms with Crippen molar-refractivity contribution in [2.75, 3.05) is 11.9 Å². The van der Waals surface area contributed by atoms with Crippen molar-refractivity contribution >= 4 is 23.3 Å². The van der Waals surface area contributed by atoms with Crippen LogP contribution in [0.2, 0.25) is 5.02 Å². The minimum absolute atomic E-state index is 0.191. The van der Waals surface area contributed by atoms with Crippen molar-refractivity contribution in [3.05, 3.63) is 29.0 Å². The lowest BCUT2D eigenvalue weighted by Crippen LogP contribution is -2.29. The highest BCUT2D eigenvalue weighted by Crippen LogP contribution is 2.22. The van der Waals surface area contributed by atoms with Gasteiger partial charge in [0, 0.05) is 6.54 Å². The third-order valence-electron chi connectivity index (χ3n) is 2.50. The summed E-state index contributed by atoms with van der Waals surface area (Å²) in [4.78, 5) is 11.5. The molecule has 5 heteroatoms. The maximum absolute atomic E-state index is 12.8. The second-order valence-electron chi connectivity index (χ2n) is 4.07. The second-order valence-corrected chi connectivity index (χ2v) is 4.47. The zero-order valence-corrected chi connectivity index (χ0v) is 11.2. The topological polar surface area (TPSA) is 41.1 Å². The van der Waals surface area contributed by atoms with Gasteiger partial charge in [0.15, 0.2) is 0 Å². The third kappa shape index (κ3) is 5.36. The largest absolute Gasteiger partial charge is 0.338 e. The van der Waals surface area contributed by atoms with Crippen LogP contribution in [0.5, 0.6) is 0 Å². The molecule has 1 rings (SSSR count). The summed E-state index contributed by atoms with van der Waals surface area (Å²) in [5.41, 5.74) is 0.407. The van der Waals surface area contributed by atoms with Crippen molar-refractivity contribution in [3.63, 3.8) is 0 Å². The number of anilines is 1. The number of benzene rings is 1. The van der Waals surface area contributed by atoms with E-state index in [-0.39, 0.29) is 11.1 Å². The molecule has 0 atom stereocenters. The van der Waals surface area contributed by atoms with Crippen LogP contribution in [0.4, 0.5) is 14.9 Å². The molecule has 0 aliphatic rings. The zero-order valence-electron chi connectivity index (χ0n) is 10.4. The summed E-state index contributed by atoms with van der Waals surface area (Å²) in [6.07, 6.45) is 4.40. The average Bonchev–Trinajstić information content (AvgIpc) is 2.32. The van der Waals surface area contributed by atoms with E-state index < -0.39 is 5.82 Å². The van der Waals surface area contributed by atoms with Gasteiger partial charge in [-0.1, -0.05) is 37.8 Å². The molecule has 0 radical (unpaired) electrons. The lowest BCUT2D eigenvalue weighted by molar-refractivity contribution is 0.252. The second kappa shape index (κ2) is 7.93. The van der Waals surface area contributed by atoms with Gasteiger partial charge in [-0.3, -0.25) is 0 Å². The van der Waals surface area contributed by atoms with Gasteiger partial charge in [0.2, 0.25) is 0 Å². The van der Waals surface area contributed by atoms with E-state index in [1.54, 1.807) is 0 Å². The van der Waals surface area contributed by atoms with Gasteiger partial charge < -0.3 is 10.6 Å². The van der Waals surface area contributed by atoms with Crippen LogP contribution in [0.15, 0.2) is 18.2 Å². The molecule has 0 aliphatic carbocycles. The number of hydrogen-bond donors (Lipinski definition) is 2. The maximum Gasteiger partial charge on any atom is 0.319 e. The first-order chi connectivity index (χ1) is 8.63. The van der Waals surface area contributed by atoms with Crippen LogP contribution >= 0.6 is 11.6 Å². The number of carbonyl (C=O) groups excluding carboxylic acids is 1. The van der Waals surface area contributed by atoms with E-state index in [1.807, 2.05) is 0 Å². The summed E-state index contributed by atoms with van der Waals surface area (Å²) < 4.78 is 12.8. The minimum atomic E-state index is -0.425. The fourth-order valence-electron chi connectivity index (χ4n) is 1.51. The standard InChI is InChI=1S/C13H18ClFN2O/c1-2-3-4-5-8-16-13(18)17-12-7-6-10(15)9-11(12)14/h6-7,9H,2-5,8H2,1H3,(H2,16,17,18). The van der Waals surface area contributed by atoms with Gasteiger partial charge in [0.05, 0.1) is 10.7 Å². The Bertz CT molecular complexity index is 399. The Hall–Kier alpha value is -1.29. The molecule has 2 N–H and O–H groups in total. The molecule has 2 amide bonds. The molecule has 18 heavy (non-hydrogen) atoms. The Morgan fingerprint density at radius 2 is 2.11 bits per heavy atom. The smallest absolute Gasteiger partial charge is 0.319 e. The molecule has 0 fully saturated rings. The van der Waals surface area contributed by atoms with Gasteiger partial charge in [-0.25, -0.2) is 9.18 Å². The van der Waals surface area contributed by atoms with Crippen molar-refractivity contribution in [1.82, 2.24) is 5.32 Å². The molecule has 0 aliphatic heterocycles. The number of amides is 2. The Morgan fingerprint density at radius 3 is 2.78 bits per heavy atom. The first-order valence-electron chi connectivity index (χ1n) is 6.13. The van der Waals surface area contributed by atoms with Gasteiger partial charge in [-0.15, -0.1) is 0 Å². The molecule has 0 saturated heterocycles. The number of hydrogen-bond acceptors (Lipinski definition) is 1. The molecule has 0 unspecified atom stereocenters. The van der Waals surface area contributed by atoms with Crippen molar-refractivity contribution in [2.24, 2.45) is 0 Å². The number of rotatable bonds is 6. The van der Waals surface area contributed by atoms with Crippen LogP contribution in [-0.2, 0) is 0 Å². The van der Waals surface area contributed by atoms with Gasteiger partial charge in [0.1, 0.15) is 5.82 Å². The van der Waals surface area contributed by atoms with Crippen LogP contribution in [0.3, 0.4) is 0 Å². The number of halogens is 2. The molecule has 3 nitrogen and oxygen atoms in total. The molecule has 100 valence electrons. The van der Waals surface area contributed by atoms with Crippen LogP contribution in [0.25, 0.3) is 0 Å². The van der Waals surface area contributed by atoms with E-state index in [0.29, 0.717) is 12.2 Å². The van der Waals surface area contributed by atoms with Crippen molar-refractivity contribution in [3.8, 4) is 0 Å². The molecule has 1 aromatic rings. The van der Waals surface area contributed by atoms with Crippen LogP contribution in [-0.4, -0.2) is 12.6 Å². The number of unbranched alkanes of at least 4 members (excludes halogenated alkanes) is 3. The van der Waals surface area contributed by atoms with Crippen molar-refractivity contribution in [1.29, 1.82) is 0 Å². The molecule has 1 aromatic carbocycles. The summed E-state index contributed by atoms with van der Waals surface area (Å²) in [7, 11) is 0. The van der Waals surface area contributed by atoms with Gasteiger partial charge in [0.25, 0.3) is 0 Å². The molecule has 0 aromatic heterocycles. The Balaban J connectivity index is 2.31. The lowest BCUT2D eigenvalue weighted by atomic mass is 10.2. The molecule has 0 bridgehead atoms. The van der Waals surface area contributed by atoms with E-state index >= 15 is 0 Å². The molecule has 0 spiro atoms. The van der Waals surface area contributed by atoms with Gasteiger partial charge in [-0.2, -0.15) is 0 Å². The monoisotopic (exact) mass is 272 g/mol. The van der Waals surface area contributed by atoms with Gasteiger partial charge >= 0.3 is 6.03 Å². The highest BCUT2D eigenvalue weighted by Gasteiger charge is 2.05. The maximum atomic E-state index is 12.8. The van der Waals surface area contributed by atoms with Crippen molar-refractivity contribution < 1.29 is 9.18 Å². The third-order valence-corrected chi connectivity index (χ3v) is 2.81. The number of carbonyl (C=O) groups is 1. The Morgan fingerprint density at radius 1 is 1.33 bits per heavy atom. The fraction of sp³-hybridized carbons (Fsp3) is 0.462. The first kappa shape index (κ1) is 14.8. The van der Waals surface area contributed by atoms with E-state index in [2.05, 4.69) is 17.6 Å². The quantitative estimate of drug-likeness (QED) is 0.750. The Labute approximate surface area is 112 Å². The van der Waals surface area contributed by atoms with Crippen molar-refractivity contribution in [2.45, 2.75) is 32.6 Å². The zero-order chi connectivity index (χ0) is 13.4. The number of nitrogens with one attached hydrogen (secondary N) is 2. The normalized spacial score (nSPS) is 10.2. The molecular weight excluding hydrogens is 255 g/mol. The summed E-state index contributed by atoms with van der Waals surface area (Å²) in [6.45, 7) is 2.77. The first-order valence-corrected chi connectivity index (χ1v) is 6.51. The van der Waals surface area contributed by atoms with Crippen LogP contribution in [0.1, 0.15) is 32.6 Å². The van der Waals surface area contributed by atoms with E-state index in [9.17, 15) is 9.18 Å². The highest BCUT2D eigenvalue weighted by atomic mass is 35.5. The van der Waals surface area contributed by atoms with E-state index in [4.69, 9.17) is 11.6 Å². The molecule has 0 saturated carbocycles. The SMILES string of the molecule is CCCCCCNC(=O)Nc1ccc(F)cc1Cl. The van der Waals surface area contributed by atoms with E-state index in [0.717, 1.165) is 19.3 Å². The van der Waals surface area contributed by atoms with E-state index in [1.165, 1.54) is 24.6 Å². The predicted octanol–water partition coefficient (Wildman–Crippen LogP) is 4.18. The predicted molar refractivity (Wildman–Crippen MR) is 72.6 cm³/mol. The summed E-state index contributed by atoms with van der Waals surface area (Å²) >= 11 is 5.79. The summed E-state index contributed by atoms with van der Waals surface area (Å²) in [6, 6.07) is 3.54. The minimum Gasteiger partial charge on any atom is -0.338 e. The van der Waals surface area contributed by atoms with Gasteiger partial charge in [-0.05, 0) is 24.6 Å². The number of urea groups is 1. The van der Waals surface area contributed by atoms with Crippen LogP contribution in [0, 0.1) is 5.82 Å². The van der Waals surface area contributed by atoms with Crippen LogP contribution < -0.4 is 10.6 Å². The summed E-state index contributed by atoms with van der Waals surface area (Å²) in [5, 5.41) is 5.50. The Kier molecular flexibility index (Phi) is 6.50. The molecular formula is C13H18ClFN2O. The highest BCUT2D eigenvalue weighted by molar-refractivity contribution is 6.33. The lowest BCUT2D eigenvalue weighted by Gasteiger charge is -2.08. The average molecular weight is 273 g/mol. The summed E-state index contributed by atoms with van der Waals surface area (Å²) in [5.74, 6) is -0.425.